The van der Waals surface area contributed by atoms with Crippen molar-refractivity contribution in [2.24, 2.45) is 0 Å². The third kappa shape index (κ3) is 3.76. The van der Waals surface area contributed by atoms with Gasteiger partial charge in [-0.3, -0.25) is 9.59 Å². The summed E-state index contributed by atoms with van der Waals surface area (Å²) in [6, 6.07) is 16.7. The lowest BCUT2D eigenvalue weighted by molar-refractivity contribution is 0.0939. The molecule has 3 aromatic rings. The number of hydrogen-bond acceptors (Lipinski definition) is 2. The molecule has 138 valence electrons. The number of pyridine rings is 1. The minimum absolute atomic E-state index is 0.158. The lowest BCUT2D eigenvalue weighted by Gasteiger charge is -2.16. The molecule has 0 radical (unpaired) electrons. The van der Waals surface area contributed by atoms with Crippen molar-refractivity contribution in [3.05, 3.63) is 81.1 Å². The van der Waals surface area contributed by atoms with E-state index in [2.05, 4.69) is 5.32 Å². The molecule has 0 aliphatic heterocycles. The largest absolute Gasteiger partial charge is 0.349 e. The number of hydrogen-bond donors (Lipinski definition) is 1. The molecule has 1 aromatic heterocycles. The Morgan fingerprint density at radius 3 is 2.52 bits per heavy atom. The first kappa shape index (κ1) is 17.8. The van der Waals surface area contributed by atoms with E-state index in [1.165, 1.54) is 6.07 Å². The number of nitrogens with one attached hydrogen (secondary N) is 1. The molecular weight excluding hydrogens is 360 g/mol. The van der Waals surface area contributed by atoms with E-state index in [0.717, 1.165) is 42.1 Å². The monoisotopic (exact) mass is 380 g/mol. The van der Waals surface area contributed by atoms with Gasteiger partial charge in [-0.2, -0.15) is 0 Å². The zero-order valence-corrected chi connectivity index (χ0v) is 15.7. The lowest BCUT2D eigenvalue weighted by Crippen LogP contribution is -2.34. The van der Waals surface area contributed by atoms with Crippen molar-refractivity contribution < 1.29 is 4.79 Å². The van der Waals surface area contributed by atoms with E-state index >= 15 is 0 Å². The van der Waals surface area contributed by atoms with Crippen LogP contribution in [0.4, 0.5) is 0 Å². The summed E-state index contributed by atoms with van der Waals surface area (Å²) < 4.78 is 1.70. The van der Waals surface area contributed by atoms with Gasteiger partial charge in [0.1, 0.15) is 0 Å². The summed E-state index contributed by atoms with van der Waals surface area (Å²) in [7, 11) is 0. The normalized spacial score (nSPS) is 14.6. The summed E-state index contributed by atoms with van der Waals surface area (Å²) >= 11 is 5.95. The Bertz CT molecular complexity index is 1030. The fourth-order valence-corrected chi connectivity index (χ4v) is 3.92. The van der Waals surface area contributed by atoms with E-state index in [4.69, 9.17) is 11.6 Å². The van der Waals surface area contributed by atoms with Crippen LogP contribution in [0.15, 0.2) is 59.4 Å². The fourth-order valence-electron chi connectivity index (χ4n) is 3.79. The zero-order chi connectivity index (χ0) is 18.8. The molecule has 1 fully saturated rings. The van der Waals surface area contributed by atoms with Gasteiger partial charge < -0.3 is 9.88 Å². The van der Waals surface area contributed by atoms with E-state index in [9.17, 15) is 9.59 Å². The number of aromatic nitrogens is 1. The fraction of sp³-hybridized carbons (Fsp3) is 0.273. The van der Waals surface area contributed by atoms with Crippen LogP contribution in [0.25, 0.3) is 10.9 Å². The highest BCUT2D eigenvalue weighted by atomic mass is 35.5. The summed E-state index contributed by atoms with van der Waals surface area (Å²) in [5.41, 5.74) is 2.02. The molecule has 0 bridgehead atoms. The molecule has 0 atom stereocenters. The molecule has 4 nitrogen and oxygen atoms in total. The highest BCUT2D eigenvalue weighted by Crippen LogP contribution is 2.21. The highest BCUT2D eigenvalue weighted by Gasteiger charge is 2.20. The Morgan fingerprint density at radius 2 is 1.78 bits per heavy atom. The Labute approximate surface area is 162 Å². The molecule has 27 heavy (non-hydrogen) atoms. The topological polar surface area (TPSA) is 51.1 Å². The maximum Gasteiger partial charge on any atom is 0.252 e. The quantitative estimate of drug-likeness (QED) is 0.730. The molecular formula is C22H21ClN2O2. The Hall–Kier alpha value is -2.59. The summed E-state index contributed by atoms with van der Waals surface area (Å²) in [4.78, 5) is 25.6. The number of carbonyl (C=O) groups excluding carboxylic acids is 1. The number of para-hydroxylation sites is 1. The van der Waals surface area contributed by atoms with Crippen LogP contribution in [0.3, 0.4) is 0 Å². The molecule has 1 N–H and O–H groups in total. The number of rotatable bonds is 4. The van der Waals surface area contributed by atoms with Crippen molar-refractivity contribution in [3.63, 3.8) is 0 Å². The Morgan fingerprint density at radius 1 is 1.07 bits per heavy atom. The molecule has 0 saturated heterocycles. The first-order valence-corrected chi connectivity index (χ1v) is 9.67. The van der Waals surface area contributed by atoms with Crippen LogP contribution in [0.5, 0.6) is 0 Å². The minimum Gasteiger partial charge on any atom is -0.349 e. The third-order valence-electron chi connectivity index (χ3n) is 5.21. The molecule has 1 saturated carbocycles. The van der Waals surface area contributed by atoms with Gasteiger partial charge in [-0.15, -0.1) is 0 Å². The maximum absolute atomic E-state index is 12.8. The zero-order valence-electron chi connectivity index (χ0n) is 15.0. The van der Waals surface area contributed by atoms with Crippen LogP contribution in [0, 0.1) is 0 Å². The molecule has 1 heterocycles. The van der Waals surface area contributed by atoms with Crippen LogP contribution in [-0.4, -0.2) is 16.5 Å². The Balaban J connectivity index is 1.74. The van der Waals surface area contributed by atoms with E-state index in [-0.39, 0.29) is 17.5 Å². The SMILES string of the molecule is O=C(NC1CCCC1)c1cc(=O)n(Cc2ccc(Cl)cc2)c2ccccc12. The van der Waals surface area contributed by atoms with Crippen LogP contribution in [0.2, 0.25) is 5.02 Å². The standard InChI is InChI=1S/C22H21ClN2O2/c23-16-11-9-15(10-12-16)14-25-20-8-4-3-7-18(20)19(13-21(25)26)22(27)24-17-5-1-2-6-17/h3-4,7-13,17H,1-2,5-6,14H2,(H,24,27). The minimum atomic E-state index is -0.180. The molecule has 4 rings (SSSR count). The molecule has 0 unspecified atom stereocenters. The molecule has 1 aliphatic rings. The van der Waals surface area contributed by atoms with Gasteiger partial charge in [0.2, 0.25) is 0 Å². The summed E-state index contributed by atoms with van der Waals surface area (Å²) in [6.45, 7) is 0.432. The first-order chi connectivity index (χ1) is 13.1. The predicted octanol–water partition coefficient (Wildman–Crippen LogP) is 4.38. The number of fused-ring (bicyclic) bond motifs is 1. The second kappa shape index (κ2) is 7.57. The summed E-state index contributed by atoms with van der Waals surface area (Å²) in [5, 5.41) is 4.54. The van der Waals surface area contributed by atoms with Crippen molar-refractivity contribution in [3.8, 4) is 0 Å². The van der Waals surface area contributed by atoms with Crippen molar-refractivity contribution in [1.82, 2.24) is 9.88 Å². The molecule has 1 amide bonds. The lowest BCUT2D eigenvalue weighted by atomic mass is 10.1. The molecule has 2 aromatic carbocycles. The predicted molar refractivity (Wildman–Crippen MR) is 108 cm³/mol. The van der Waals surface area contributed by atoms with E-state index in [1.807, 2.05) is 48.5 Å². The molecule has 0 spiro atoms. The van der Waals surface area contributed by atoms with Crippen LogP contribution in [0.1, 0.15) is 41.6 Å². The summed E-state index contributed by atoms with van der Waals surface area (Å²) in [5.74, 6) is -0.158. The molecule has 5 heteroatoms. The van der Waals surface area contributed by atoms with Crippen molar-refractivity contribution in [2.45, 2.75) is 38.3 Å². The summed E-state index contributed by atoms with van der Waals surface area (Å²) in [6.07, 6.45) is 4.32. The average molecular weight is 381 g/mol. The van der Waals surface area contributed by atoms with Crippen LogP contribution >= 0.6 is 11.6 Å². The van der Waals surface area contributed by atoms with E-state index in [0.29, 0.717) is 17.1 Å². The van der Waals surface area contributed by atoms with E-state index in [1.54, 1.807) is 4.57 Å². The van der Waals surface area contributed by atoms with Crippen molar-refractivity contribution in [1.29, 1.82) is 0 Å². The number of carbonyl (C=O) groups is 1. The van der Waals surface area contributed by atoms with Gasteiger partial charge in [0.15, 0.2) is 0 Å². The number of halogens is 1. The average Bonchev–Trinajstić information content (AvgIpc) is 3.18. The number of amides is 1. The highest BCUT2D eigenvalue weighted by molar-refractivity contribution is 6.30. The van der Waals surface area contributed by atoms with Gasteiger partial charge >= 0.3 is 0 Å². The Kier molecular flexibility index (Phi) is 4.99. The number of benzene rings is 2. The third-order valence-corrected chi connectivity index (χ3v) is 5.46. The second-order valence-corrected chi connectivity index (χ2v) is 7.52. The van der Waals surface area contributed by atoms with Crippen molar-refractivity contribution in [2.75, 3.05) is 0 Å². The van der Waals surface area contributed by atoms with Crippen molar-refractivity contribution >= 4 is 28.4 Å². The molecule has 1 aliphatic carbocycles. The van der Waals surface area contributed by atoms with Gasteiger partial charge in [-0.05, 0) is 36.6 Å². The maximum atomic E-state index is 12.8. The van der Waals surface area contributed by atoms with Crippen LogP contribution < -0.4 is 10.9 Å². The number of nitrogens with zero attached hydrogens (tertiary/aromatic N) is 1. The smallest absolute Gasteiger partial charge is 0.252 e. The first-order valence-electron chi connectivity index (χ1n) is 9.30. The van der Waals surface area contributed by atoms with Gasteiger partial charge in [0.25, 0.3) is 11.5 Å². The van der Waals surface area contributed by atoms with Gasteiger partial charge in [0.05, 0.1) is 17.6 Å². The van der Waals surface area contributed by atoms with Gasteiger partial charge in [-0.25, -0.2) is 0 Å². The second-order valence-electron chi connectivity index (χ2n) is 7.08. The van der Waals surface area contributed by atoms with Gasteiger partial charge in [0, 0.05) is 22.5 Å². The van der Waals surface area contributed by atoms with Crippen LogP contribution in [-0.2, 0) is 6.54 Å². The van der Waals surface area contributed by atoms with Gasteiger partial charge in [-0.1, -0.05) is 54.8 Å². The van der Waals surface area contributed by atoms with E-state index < -0.39 is 0 Å².